The lowest BCUT2D eigenvalue weighted by atomic mass is 10.1. The number of halogens is 2. The lowest BCUT2D eigenvalue weighted by Crippen LogP contribution is -2.33. The molecule has 4 aromatic rings. The highest BCUT2D eigenvalue weighted by Crippen LogP contribution is 2.38. The number of nitrogens with one attached hydrogen (secondary N) is 2. The molecule has 30 heavy (non-hydrogen) atoms. The Morgan fingerprint density at radius 1 is 1.03 bits per heavy atom. The quantitative estimate of drug-likeness (QED) is 0.501. The van der Waals surface area contributed by atoms with Crippen LogP contribution in [0.2, 0.25) is 10.0 Å². The van der Waals surface area contributed by atoms with E-state index in [1.165, 1.54) is 18.3 Å². The van der Waals surface area contributed by atoms with Crippen molar-refractivity contribution in [2.45, 2.75) is 0 Å². The van der Waals surface area contributed by atoms with E-state index in [4.69, 9.17) is 33.2 Å². The Bertz CT molecular complexity index is 1510. The lowest BCUT2D eigenvalue weighted by Gasteiger charge is -2.12. The molecule has 0 bridgehead atoms. The van der Waals surface area contributed by atoms with Gasteiger partial charge in [0.15, 0.2) is 5.75 Å². The monoisotopic (exact) mass is 441 g/mol. The van der Waals surface area contributed by atoms with Crippen LogP contribution in [0.1, 0.15) is 5.69 Å². The van der Waals surface area contributed by atoms with Gasteiger partial charge in [0.05, 0.1) is 15.7 Å². The third-order valence-electron chi connectivity index (χ3n) is 4.13. The summed E-state index contributed by atoms with van der Waals surface area (Å²) in [4.78, 5) is 39.9. The summed E-state index contributed by atoms with van der Waals surface area (Å²) in [7, 11) is 0. The molecule has 0 saturated carbocycles. The first-order valence-electron chi connectivity index (χ1n) is 8.30. The van der Waals surface area contributed by atoms with Gasteiger partial charge in [-0.1, -0.05) is 23.2 Å². The molecule has 0 atom stereocenters. The molecule has 2 N–H and O–H groups in total. The number of nitriles is 1. The summed E-state index contributed by atoms with van der Waals surface area (Å²) in [6, 6.07) is 10.9. The number of hydrogen-bond acceptors (Lipinski definition) is 6. The van der Waals surface area contributed by atoms with Crippen molar-refractivity contribution >= 4 is 34.0 Å². The Labute approximate surface area is 176 Å². The van der Waals surface area contributed by atoms with Gasteiger partial charge >= 0.3 is 5.69 Å². The predicted molar refractivity (Wildman–Crippen MR) is 110 cm³/mol. The number of ether oxygens (including phenoxy) is 1. The number of benzene rings is 2. The zero-order valence-electron chi connectivity index (χ0n) is 14.8. The van der Waals surface area contributed by atoms with E-state index in [1.807, 2.05) is 4.98 Å². The smallest absolute Gasteiger partial charge is 0.349 e. The average molecular weight is 442 g/mol. The molecule has 0 radical (unpaired) electrons. The summed E-state index contributed by atoms with van der Waals surface area (Å²) in [6.45, 7) is 0. The SMILES string of the molecule is N#Cc1nn(-c2cc(Cl)c(Oc3ccc4c(=O)[nH]ccc4c3)c(Cl)c2)c(=O)[nH]c1=O. The van der Waals surface area contributed by atoms with Crippen molar-refractivity contribution in [2.75, 3.05) is 0 Å². The fourth-order valence-corrected chi connectivity index (χ4v) is 3.32. The molecule has 0 aliphatic rings. The highest BCUT2D eigenvalue weighted by molar-refractivity contribution is 6.37. The van der Waals surface area contributed by atoms with Gasteiger partial charge in [-0.2, -0.15) is 9.94 Å². The zero-order valence-corrected chi connectivity index (χ0v) is 16.3. The molecule has 2 aromatic heterocycles. The molecule has 0 unspecified atom stereocenters. The summed E-state index contributed by atoms with van der Waals surface area (Å²) in [5, 5.41) is 13.9. The van der Waals surface area contributed by atoms with Crippen molar-refractivity contribution in [2.24, 2.45) is 0 Å². The maximum atomic E-state index is 12.0. The predicted octanol–water partition coefficient (Wildman–Crippen LogP) is 2.73. The highest BCUT2D eigenvalue weighted by atomic mass is 35.5. The standard InChI is InChI=1S/C19H9Cl2N5O4/c20-13-6-10(26-19(29)24-18(28)15(8-22)25-26)7-14(21)16(13)30-11-1-2-12-9(5-11)3-4-23-17(12)27/h1-7H,(H,23,27)(H,24,28,29). The van der Waals surface area contributed by atoms with Gasteiger partial charge in [-0.05, 0) is 41.8 Å². The minimum Gasteiger partial charge on any atom is -0.454 e. The minimum absolute atomic E-state index is 0.0573. The van der Waals surface area contributed by atoms with E-state index < -0.39 is 16.9 Å². The first-order chi connectivity index (χ1) is 14.4. The number of aromatic amines is 2. The molecule has 4 rings (SSSR count). The maximum absolute atomic E-state index is 12.0. The second-order valence-electron chi connectivity index (χ2n) is 6.03. The Balaban J connectivity index is 1.76. The number of fused-ring (bicyclic) bond motifs is 1. The van der Waals surface area contributed by atoms with Crippen molar-refractivity contribution in [3.8, 4) is 23.3 Å². The topological polar surface area (TPSA) is 134 Å². The van der Waals surface area contributed by atoms with E-state index in [-0.39, 0.29) is 27.0 Å². The van der Waals surface area contributed by atoms with E-state index in [0.717, 1.165) is 4.68 Å². The van der Waals surface area contributed by atoms with Crippen LogP contribution in [0.25, 0.3) is 16.5 Å². The van der Waals surface area contributed by atoms with Gasteiger partial charge in [0.25, 0.3) is 11.1 Å². The number of aromatic nitrogens is 4. The second kappa shape index (κ2) is 7.51. The molecule has 0 spiro atoms. The molecule has 0 aliphatic carbocycles. The maximum Gasteiger partial charge on any atom is 0.349 e. The fraction of sp³-hybridized carbons (Fsp3) is 0. The Hall–Kier alpha value is -3.87. The lowest BCUT2D eigenvalue weighted by molar-refractivity contribution is 0.483. The number of nitrogens with zero attached hydrogens (tertiary/aromatic N) is 3. The second-order valence-corrected chi connectivity index (χ2v) is 6.84. The third kappa shape index (κ3) is 3.45. The van der Waals surface area contributed by atoms with Crippen molar-refractivity contribution in [1.29, 1.82) is 5.26 Å². The van der Waals surface area contributed by atoms with Crippen molar-refractivity contribution in [3.63, 3.8) is 0 Å². The molecule has 0 amide bonds. The van der Waals surface area contributed by atoms with Gasteiger partial charge in [-0.3, -0.25) is 14.6 Å². The van der Waals surface area contributed by atoms with Gasteiger partial charge < -0.3 is 9.72 Å². The van der Waals surface area contributed by atoms with E-state index in [9.17, 15) is 14.4 Å². The third-order valence-corrected chi connectivity index (χ3v) is 4.69. The first-order valence-corrected chi connectivity index (χ1v) is 9.05. The van der Waals surface area contributed by atoms with Crippen LogP contribution in [0.15, 0.2) is 57.0 Å². The Morgan fingerprint density at radius 3 is 2.47 bits per heavy atom. The number of pyridine rings is 1. The summed E-state index contributed by atoms with van der Waals surface area (Å²) < 4.78 is 6.57. The van der Waals surface area contributed by atoms with Crippen LogP contribution < -0.4 is 21.5 Å². The van der Waals surface area contributed by atoms with Crippen LogP contribution in [-0.2, 0) is 0 Å². The first kappa shape index (κ1) is 19.4. The molecular weight excluding hydrogens is 433 g/mol. The molecule has 0 saturated heterocycles. The molecule has 148 valence electrons. The van der Waals surface area contributed by atoms with E-state index in [1.54, 1.807) is 30.3 Å². The van der Waals surface area contributed by atoms with Crippen molar-refractivity contribution in [3.05, 3.63) is 89.5 Å². The fourth-order valence-electron chi connectivity index (χ4n) is 2.77. The Morgan fingerprint density at radius 2 is 1.77 bits per heavy atom. The summed E-state index contributed by atoms with van der Waals surface area (Å²) in [5.41, 5.74) is -2.35. The van der Waals surface area contributed by atoms with Crippen LogP contribution in [0.3, 0.4) is 0 Å². The molecule has 0 fully saturated rings. The van der Waals surface area contributed by atoms with Crippen LogP contribution in [0.5, 0.6) is 11.5 Å². The summed E-state index contributed by atoms with van der Waals surface area (Å²) >= 11 is 12.6. The van der Waals surface area contributed by atoms with Crippen molar-refractivity contribution in [1.82, 2.24) is 19.7 Å². The number of H-pyrrole nitrogens is 2. The van der Waals surface area contributed by atoms with Crippen LogP contribution >= 0.6 is 23.2 Å². The van der Waals surface area contributed by atoms with Crippen LogP contribution in [-0.4, -0.2) is 19.7 Å². The molecular formula is C19H9Cl2N5O4. The normalized spacial score (nSPS) is 10.7. The van der Waals surface area contributed by atoms with Crippen LogP contribution in [0, 0.1) is 11.3 Å². The average Bonchev–Trinajstić information content (AvgIpc) is 2.71. The molecule has 2 aromatic carbocycles. The largest absolute Gasteiger partial charge is 0.454 e. The number of hydrogen-bond donors (Lipinski definition) is 2. The highest BCUT2D eigenvalue weighted by Gasteiger charge is 2.15. The molecule has 9 nitrogen and oxygen atoms in total. The number of rotatable bonds is 3. The Kier molecular flexibility index (Phi) is 4.87. The van der Waals surface area contributed by atoms with E-state index in [2.05, 4.69) is 10.1 Å². The van der Waals surface area contributed by atoms with E-state index in [0.29, 0.717) is 16.5 Å². The minimum atomic E-state index is -0.897. The van der Waals surface area contributed by atoms with Gasteiger partial charge in [-0.25, -0.2) is 4.79 Å². The van der Waals surface area contributed by atoms with Crippen LogP contribution in [0.4, 0.5) is 0 Å². The molecule has 11 heteroatoms. The van der Waals surface area contributed by atoms with Crippen molar-refractivity contribution < 1.29 is 4.74 Å². The van der Waals surface area contributed by atoms with E-state index >= 15 is 0 Å². The van der Waals surface area contributed by atoms with Gasteiger partial charge in [0.1, 0.15) is 11.8 Å². The molecule has 2 heterocycles. The van der Waals surface area contributed by atoms with Gasteiger partial charge in [-0.15, -0.1) is 5.10 Å². The summed E-state index contributed by atoms with van der Waals surface area (Å²) in [6.07, 6.45) is 1.52. The van der Waals surface area contributed by atoms with Gasteiger partial charge in [0.2, 0.25) is 5.69 Å². The zero-order chi connectivity index (χ0) is 21.4. The van der Waals surface area contributed by atoms with Gasteiger partial charge in [0, 0.05) is 11.6 Å². The summed E-state index contributed by atoms with van der Waals surface area (Å²) in [5.74, 6) is 0.500. The molecule has 0 aliphatic heterocycles.